The van der Waals surface area contributed by atoms with Crippen LogP contribution >= 0.6 is 0 Å². The molecule has 0 amide bonds. The van der Waals surface area contributed by atoms with E-state index in [9.17, 15) is 9.59 Å². The van der Waals surface area contributed by atoms with E-state index < -0.39 is 11.1 Å². The summed E-state index contributed by atoms with van der Waals surface area (Å²) in [5.74, 6) is 0.457. The largest absolute Gasteiger partial charge is 0.316 e. The third-order valence-corrected chi connectivity index (χ3v) is 3.09. The van der Waals surface area contributed by atoms with Gasteiger partial charge in [-0.25, -0.2) is 0 Å². The van der Waals surface area contributed by atoms with Crippen molar-refractivity contribution in [3.8, 4) is 0 Å². The van der Waals surface area contributed by atoms with Crippen LogP contribution in [0, 0.1) is 5.92 Å². The second-order valence-corrected chi connectivity index (χ2v) is 4.38. The van der Waals surface area contributed by atoms with E-state index in [1.54, 1.807) is 19.4 Å². The summed E-state index contributed by atoms with van der Waals surface area (Å²) in [5.41, 5.74) is -0.873. The van der Waals surface area contributed by atoms with Gasteiger partial charge in [-0.3, -0.25) is 9.59 Å². The van der Waals surface area contributed by atoms with Crippen molar-refractivity contribution in [3.05, 3.63) is 33.1 Å². The number of rotatable bonds is 2. The van der Waals surface area contributed by atoms with Crippen molar-refractivity contribution in [3.63, 3.8) is 0 Å². The van der Waals surface area contributed by atoms with Gasteiger partial charge in [0.1, 0.15) is 0 Å². The summed E-state index contributed by atoms with van der Waals surface area (Å²) in [4.78, 5) is 23.1. The maximum Gasteiger partial charge on any atom is 0.316 e. The predicted octanol–water partition coefficient (Wildman–Crippen LogP) is -0.453. The highest BCUT2D eigenvalue weighted by atomic mass is 16.2. The number of aryl methyl sites for hydroxylation is 1. The zero-order valence-corrected chi connectivity index (χ0v) is 9.48. The molecule has 5 heteroatoms. The SMILES string of the molecule is Cn1ccn(CC2CCCNC2)c(=O)c1=O. The van der Waals surface area contributed by atoms with Gasteiger partial charge < -0.3 is 14.5 Å². The van der Waals surface area contributed by atoms with Gasteiger partial charge in [-0.05, 0) is 31.8 Å². The van der Waals surface area contributed by atoms with E-state index in [1.807, 2.05) is 0 Å². The summed E-state index contributed by atoms with van der Waals surface area (Å²) < 4.78 is 2.85. The molecular weight excluding hydrogens is 206 g/mol. The Hall–Kier alpha value is -1.36. The average Bonchev–Trinajstić information content (AvgIpc) is 2.31. The lowest BCUT2D eigenvalue weighted by Gasteiger charge is -2.23. The molecule has 2 rings (SSSR count). The van der Waals surface area contributed by atoms with Crippen LogP contribution in [-0.4, -0.2) is 22.2 Å². The summed E-state index contributed by atoms with van der Waals surface area (Å²) in [6, 6.07) is 0. The normalized spacial score (nSPS) is 20.9. The Labute approximate surface area is 93.7 Å². The molecule has 0 bridgehead atoms. The standard InChI is InChI=1S/C11H17N3O2/c1-13-5-6-14(11(16)10(13)15)8-9-3-2-4-12-7-9/h5-6,9,12H,2-4,7-8H2,1H3. The minimum Gasteiger partial charge on any atom is -0.316 e. The van der Waals surface area contributed by atoms with Gasteiger partial charge in [-0.2, -0.15) is 0 Å². The highest BCUT2D eigenvalue weighted by molar-refractivity contribution is 4.86. The van der Waals surface area contributed by atoms with E-state index in [0.29, 0.717) is 12.5 Å². The van der Waals surface area contributed by atoms with Crippen molar-refractivity contribution in [1.29, 1.82) is 0 Å². The first kappa shape index (κ1) is 11.1. The van der Waals surface area contributed by atoms with Crippen LogP contribution in [0.1, 0.15) is 12.8 Å². The molecule has 1 N–H and O–H groups in total. The third-order valence-electron chi connectivity index (χ3n) is 3.09. The Morgan fingerprint density at radius 2 is 2.19 bits per heavy atom. The van der Waals surface area contributed by atoms with Gasteiger partial charge in [-0.1, -0.05) is 0 Å². The van der Waals surface area contributed by atoms with Crippen molar-refractivity contribution in [2.24, 2.45) is 13.0 Å². The van der Waals surface area contributed by atoms with Crippen molar-refractivity contribution < 1.29 is 0 Å². The van der Waals surface area contributed by atoms with Gasteiger partial charge in [0.2, 0.25) is 0 Å². The van der Waals surface area contributed by atoms with Crippen molar-refractivity contribution in [2.75, 3.05) is 13.1 Å². The number of hydrogen-bond donors (Lipinski definition) is 1. The molecule has 5 nitrogen and oxygen atoms in total. The first-order valence-electron chi connectivity index (χ1n) is 5.65. The summed E-state index contributed by atoms with van der Waals surface area (Å²) >= 11 is 0. The van der Waals surface area contributed by atoms with Crippen LogP contribution in [0.2, 0.25) is 0 Å². The first-order valence-corrected chi connectivity index (χ1v) is 5.65. The molecule has 16 heavy (non-hydrogen) atoms. The number of aromatic nitrogens is 2. The molecule has 0 aromatic carbocycles. The number of piperidine rings is 1. The predicted molar refractivity (Wildman–Crippen MR) is 61.5 cm³/mol. The Kier molecular flexibility index (Phi) is 3.24. The average molecular weight is 223 g/mol. The lowest BCUT2D eigenvalue weighted by Crippen LogP contribution is -2.42. The van der Waals surface area contributed by atoms with Crippen molar-refractivity contribution >= 4 is 0 Å². The molecule has 0 spiro atoms. The number of hydrogen-bond acceptors (Lipinski definition) is 3. The molecule has 0 aliphatic carbocycles. The molecular formula is C11H17N3O2. The minimum atomic E-state index is -0.453. The van der Waals surface area contributed by atoms with Crippen LogP contribution in [0.15, 0.2) is 22.0 Å². The second-order valence-electron chi connectivity index (χ2n) is 4.38. The molecule has 1 saturated heterocycles. The van der Waals surface area contributed by atoms with Crippen LogP contribution in [0.25, 0.3) is 0 Å². The topological polar surface area (TPSA) is 56.0 Å². The lowest BCUT2D eigenvalue weighted by molar-refractivity contribution is 0.332. The van der Waals surface area contributed by atoms with E-state index in [1.165, 1.54) is 9.13 Å². The highest BCUT2D eigenvalue weighted by Crippen LogP contribution is 2.10. The minimum absolute atomic E-state index is 0.421. The molecule has 1 aromatic heterocycles. The number of nitrogens with zero attached hydrogens (tertiary/aromatic N) is 2. The smallest absolute Gasteiger partial charge is 0.316 e. The molecule has 1 fully saturated rings. The van der Waals surface area contributed by atoms with Crippen molar-refractivity contribution in [1.82, 2.24) is 14.5 Å². The zero-order valence-electron chi connectivity index (χ0n) is 9.48. The molecule has 0 saturated carbocycles. The Morgan fingerprint density at radius 3 is 2.88 bits per heavy atom. The maximum absolute atomic E-state index is 11.7. The Bertz CT molecular complexity index is 469. The molecule has 1 aromatic rings. The summed E-state index contributed by atoms with van der Waals surface area (Å²) in [6.45, 7) is 2.63. The zero-order chi connectivity index (χ0) is 11.5. The molecule has 2 heterocycles. The van der Waals surface area contributed by atoms with Crippen LogP contribution in [0.5, 0.6) is 0 Å². The fraction of sp³-hybridized carbons (Fsp3) is 0.636. The molecule has 1 atom stereocenters. The summed E-state index contributed by atoms with van der Waals surface area (Å²) in [5, 5.41) is 3.30. The summed E-state index contributed by atoms with van der Waals surface area (Å²) in [6.07, 6.45) is 5.59. The Balaban J connectivity index is 2.18. The van der Waals surface area contributed by atoms with Gasteiger partial charge in [0, 0.05) is 26.0 Å². The molecule has 1 unspecified atom stereocenters. The van der Waals surface area contributed by atoms with E-state index in [4.69, 9.17) is 0 Å². The maximum atomic E-state index is 11.7. The van der Waals surface area contributed by atoms with Crippen LogP contribution < -0.4 is 16.4 Å². The van der Waals surface area contributed by atoms with Crippen LogP contribution in [0.3, 0.4) is 0 Å². The molecule has 88 valence electrons. The molecule has 1 aliphatic rings. The number of nitrogens with one attached hydrogen (secondary N) is 1. The van der Waals surface area contributed by atoms with Crippen LogP contribution in [-0.2, 0) is 13.6 Å². The summed E-state index contributed by atoms with van der Waals surface area (Å²) in [7, 11) is 1.59. The van der Waals surface area contributed by atoms with Crippen molar-refractivity contribution in [2.45, 2.75) is 19.4 Å². The lowest BCUT2D eigenvalue weighted by atomic mass is 10.00. The second kappa shape index (κ2) is 4.65. The first-order chi connectivity index (χ1) is 7.68. The van der Waals surface area contributed by atoms with Gasteiger partial charge in [0.25, 0.3) is 0 Å². The van der Waals surface area contributed by atoms with Gasteiger partial charge in [0.15, 0.2) is 0 Å². The van der Waals surface area contributed by atoms with Gasteiger partial charge >= 0.3 is 11.1 Å². The third kappa shape index (κ3) is 2.24. The fourth-order valence-corrected chi connectivity index (χ4v) is 2.09. The van der Waals surface area contributed by atoms with E-state index >= 15 is 0 Å². The Morgan fingerprint density at radius 1 is 1.38 bits per heavy atom. The van der Waals surface area contributed by atoms with E-state index in [-0.39, 0.29) is 0 Å². The van der Waals surface area contributed by atoms with Gasteiger partial charge in [0.05, 0.1) is 0 Å². The highest BCUT2D eigenvalue weighted by Gasteiger charge is 2.14. The molecule has 1 aliphatic heterocycles. The monoisotopic (exact) mass is 223 g/mol. The van der Waals surface area contributed by atoms with Gasteiger partial charge in [-0.15, -0.1) is 0 Å². The van der Waals surface area contributed by atoms with E-state index in [0.717, 1.165) is 25.9 Å². The van der Waals surface area contributed by atoms with E-state index in [2.05, 4.69) is 5.32 Å². The van der Waals surface area contributed by atoms with Crippen LogP contribution in [0.4, 0.5) is 0 Å². The quantitative estimate of drug-likeness (QED) is 0.691. The fourth-order valence-electron chi connectivity index (χ4n) is 2.09. The molecule has 0 radical (unpaired) electrons.